The Morgan fingerprint density at radius 2 is 1.55 bits per heavy atom. The highest BCUT2D eigenvalue weighted by molar-refractivity contribution is 6.02. The summed E-state index contributed by atoms with van der Waals surface area (Å²) in [6, 6.07) is 14.3. The number of carbonyl (C=O) groups is 2. The van der Waals surface area contributed by atoms with Crippen LogP contribution in [0.25, 0.3) is 6.08 Å². The summed E-state index contributed by atoms with van der Waals surface area (Å²) in [5.74, 6) is 0.251. The fourth-order valence-electron chi connectivity index (χ4n) is 2.83. The van der Waals surface area contributed by atoms with E-state index in [1.807, 2.05) is 24.3 Å². The molecule has 0 aromatic heterocycles. The lowest BCUT2D eigenvalue weighted by Gasteiger charge is -2.06. The SMILES string of the molecule is CCCCCCOC(=O)c1ccc(NC(=O)/C=C/c2ccc(OCCCC)cc2)cc1. The largest absolute Gasteiger partial charge is 0.494 e. The van der Waals surface area contributed by atoms with Crippen LogP contribution in [0.2, 0.25) is 0 Å². The fraction of sp³-hybridized carbons (Fsp3) is 0.385. The van der Waals surface area contributed by atoms with Crippen molar-refractivity contribution >= 4 is 23.6 Å². The summed E-state index contributed by atoms with van der Waals surface area (Å²) in [4.78, 5) is 24.2. The zero-order valence-electron chi connectivity index (χ0n) is 18.6. The molecule has 0 aliphatic carbocycles. The first-order valence-corrected chi connectivity index (χ1v) is 11.1. The molecule has 31 heavy (non-hydrogen) atoms. The van der Waals surface area contributed by atoms with Gasteiger partial charge in [0.1, 0.15) is 5.75 Å². The number of rotatable bonds is 13. The lowest BCUT2D eigenvalue weighted by atomic mass is 10.2. The smallest absolute Gasteiger partial charge is 0.338 e. The maximum atomic E-state index is 12.2. The van der Waals surface area contributed by atoms with Crippen LogP contribution in [0.1, 0.15) is 68.3 Å². The molecule has 166 valence electrons. The van der Waals surface area contributed by atoms with Gasteiger partial charge in [-0.3, -0.25) is 4.79 Å². The Labute approximate surface area is 185 Å². The molecule has 0 bridgehead atoms. The standard InChI is InChI=1S/C26H33NO4/c1-3-5-7-8-20-31-26(29)22-12-14-23(15-13-22)27-25(28)18-11-21-9-16-24(17-10-21)30-19-6-4-2/h9-18H,3-8,19-20H2,1-2H3,(H,27,28)/b18-11+. The van der Waals surface area contributed by atoms with Gasteiger partial charge in [-0.05, 0) is 60.9 Å². The lowest BCUT2D eigenvalue weighted by Crippen LogP contribution is -2.09. The third-order valence-electron chi connectivity index (χ3n) is 4.69. The van der Waals surface area contributed by atoms with Crippen LogP contribution in [0.4, 0.5) is 5.69 Å². The van der Waals surface area contributed by atoms with Crippen molar-refractivity contribution in [2.75, 3.05) is 18.5 Å². The molecule has 0 saturated carbocycles. The highest BCUT2D eigenvalue weighted by Crippen LogP contribution is 2.15. The average Bonchev–Trinajstić information content (AvgIpc) is 2.79. The van der Waals surface area contributed by atoms with E-state index in [1.165, 1.54) is 6.08 Å². The molecule has 1 amide bonds. The molecule has 0 fully saturated rings. The van der Waals surface area contributed by atoms with E-state index in [4.69, 9.17) is 9.47 Å². The number of unbranched alkanes of at least 4 members (excludes halogenated alkanes) is 4. The first kappa shape index (κ1) is 24.2. The number of hydrogen-bond donors (Lipinski definition) is 1. The molecule has 0 aliphatic rings. The maximum absolute atomic E-state index is 12.2. The Morgan fingerprint density at radius 3 is 2.23 bits per heavy atom. The van der Waals surface area contributed by atoms with Crippen LogP contribution in [0.15, 0.2) is 54.6 Å². The molecule has 2 rings (SSSR count). The van der Waals surface area contributed by atoms with Crippen molar-refractivity contribution in [2.45, 2.75) is 52.4 Å². The summed E-state index contributed by atoms with van der Waals surface area (Å²) in [7, 11) is 0. The van der Waals surface area contributed by atoms with Crippen LogP contribution in [-0.2, 0) is 9.53 Å². The molecule has 0 heterocycles. The van der Waals surface area contributed by atoms with Crippen LogP contribution >= 0.6 is 0 Å². The number of carbonyl (C=O) groups excluding carboxylic acids is 2. The summed E-state index contributed by atoms with van der Waals surface area (Å²) in [5.41, 5.74) is 2.01. The number of benzene rings is 2. The first-order chi connectivity index (χ1) is 15.1. The predicted molar refractivity (Wildman–Crippen MR) is 125 cm³/mol. The van der Waals surface area contributed by atoms with E-state index < -0.39 is 0 Å². The van der Waals surface area contributed by atoms with Crippen molar-refractivity contribution in [1.82, 2.24) is 0 Å². The molecule has 2 aromatic rings. The molecule has 0 aliphatic heterocycles. The van der Waals surface area contributed by atoms with E-state index in [1.54, 1.807) is 30.3 Å². The normalized spacial score (nSPS) is 10.8. The second-order valence-electron chi connectivity index (χ2n) is 7.37. The Kier molecular flexibility index (Phi) is 10.9. The Hall–Kier alpha value is -3.08. The van der Waals surface area contributed by atoms with Gasteiger partial charge in [-0.25, -0.2) is 4.79 Å². The van der Waals surface area contributed by atoms with Crippen molar-refractivity contribution in [3.63, 3.8) is 0 Å². The minimum Gasteiger partial charge on any atom is -0.494 e. The van der Waals surface area contributed by atoms with Gasteiger partial charge in [-0.1, -0.05) is 51.7 Å². The van der Waals surface area contributed by atoms with Crippen LogP contribution in [0.5, 0.6) is 5.75 Å². The minimum atomic E-state index is -0.337. The lowest BCUT2D eigenvalue weighted by molar-refractivity contribution is -0.111. The third-order valence-corrected chi connectivity index (χ3v) is 4.69. The third kappa shape index (κ3) is 9.51. The summed E-state index contributed by atoms with van der Waals surface area (Å²) < 4.78 is 10.9. The van der Waals surface area contributed by atoms with E-state index >= 15 is 0 Å². The first-order valence-electron chi connectivity index (χ1n) is 11.1. The molecule has 1 N–H and O–H groups in total. The molecular formula is C26H33NO4. The van der Waals surface area contributed by atoms with Gasteiger partial charge in [0, 0.05) is 11.8 Å². The average molecular weight is 424 g/mol. The van der Waals surface area contributed by atoms with E-state index in [-0.39, 0.29) is 11.9 Å². The Balaban J connectivity index is 1.78. The van der Waals surface area contributed by atoms with Crippen molar-refractivity contribution in [1.29, 1.82) is 0 Å². The molecule has 0 unspecified atom stereocenters. The topological polar surface area (TPSA) is 64.6 Å². The van der Waals surface area contributed by atoms with Crippen LogP contribution in [-0.4, -0.2) is 25.1 Å². The van der Waals surface area contributed by atoms with E-state index in [0.29, 0.717) is 24.5 Å². The summed E-state index contributed by atoms with van der Waals surface area (Å²) in [6.07, 6.45) is 9.61. The number of nitrogens with one attached hydrogen (secondary N) is 1. The van der Waals surface area contributed by atoms with Gasteiger partial charge in [0.25, 0.3) is 0 Å². The number of esters is 1. The summed E-state index contributed by atoms with van der Waals surface area (Å²) in [6.45, 7) is 5.42. The number of amides is 1. The van der Waals surface area contributed by atoms with Crippen molar-refractivity contribution in [3.8, 4) is 5.75 Å². The molecule has 0 spiro atoms. The van der Waals surface area contributed by atoms with Gasteiger partial charge in [0.05, 0.1) is 18.8 Å². The molecule has 5 nitrogen and oxygen atoms in total. The highest BCUT2D eigenvalue weighted by atomic mass is 16.5. The van der Waals surface area contributed by atoms with Crippen molar-refractivity contribution in [3.05, 3.63) is 65.7 Å². The predicted octanol–water partition coefficient (Wildman–Crippen LogP) is 6.25. The molecular weight excluding hydrogens is 390 g/mol. The zero-order valence-corrected chi connectivity index (χ0v) is 18.6. The van der Waals surface area contributed by atoms with Gasteiger partial charge < -0.3 is 14.8 Å². The number of ether oxygens (including phenoxy) is 2. The zero-order chi connectivity index (χ0) is 22.3. The molecule has 0 saturated heterocycles. The van der Waals surface area contributed by atoms with Crippen LogP contribution in [0, 0.1) is 0 Å². The Morgan fingerprint density at radius 1 is 0.839 bits per heavy atom. The van der Waals surface area contributed by atoms with Gasteiger partial charge in [-0.2, -0.15) is 0 Å². The van der Waals surface area contributed by atoms with Crippen molar-refractivity contribution in [2.24, 2.45) is 0 Å². The quantitative estimate of drug-likeness (QED) is 0.235. The minimum absolute atomic E-state index is 0.241. The van der Waals surface area contributed by atoms with Crippen LogP contribution < -0.4 is 10.1 Å². The molecule has 5 heteroatoms. The molecule has 2 aromatic carbocycles. The summed E-state index contributed by atoms with van der Waals surface area (Å²) in [5, 5.41) is 2.79. The fourth-order valence-corrected chi connectivity index (χ4v) is 2.83. The molecule has 0 radical (unpaired) electrons. The second-order valence-corrected chi connectivity index (χ2v) is 7.37. The van der Waals surface area contributed by atoms with Gasteiger partial charge in [0.2, 0.25) is 5.91 Å². The number of hydrogen-bond acceptors (Lipinski definition) is 4. The van der Waals surface area contributed by atoms with E-state index in [9.17, 15) is 9.59 Å². The van der Waals surface area contributed by atoms with Gasteiger partial charge >= 0.3 is 5.97 Å². The van der Waals surface area contributed by atoms with Crippen LogP contribution in [0.3, 0.4) is 0 Å². The van der Waals surface area contributed by atoms with E-state index in [0.717, 1.165) is 49.8 Å². The Bertz CT molecular complexity index is 825. The highest BCUT2D eigenvalue weighted by Gasteiger charge is 2.07. The summed E-state index contributed by atoms with van der Waals surface area (Å²) >= 11 is 0. The van der Waals surface area contributed by atoms with Crippen molar-refractivity contribution < 1.29 is 19.1 Å². The number of anilines is 1. The monoisotopic (exact) mass is 423 g/mol. The maximum Gasteiger partial charge on any atom is 0.338 e. The second kappa shape index (κ2) is 14.0. The van der Waals surface area contributed by atoms with E-state index in [2.05, 4.69) is 19.2 Å². The van der Waals surface area contributed by atoms with Gasteiger partial charge in [0.15, 0.2) is 0 Å². The van der Waals surface area contributed by atoms with Gasteiger partial charge in [-0.15, -0.1) is 0 Å². The molecule has 0 atom stereocenters.